The van der Waals surface area contributed by atoms with Gasteiger partial charge in [-0.15, -0.1) is 5.10 Å². The Hall–Kier alpha value is -1.91. The van der Waals surface area contributed by atoms with Gasteiger partial charge in [-0.1, -0.05) is 6.07 Å². The molecule has 0 fully saturated rings. The van der Waals surface area contributed by atoms with Gasteiger partial charge in [0.2, 0.25) is 0 Å². The van der Waals surface area contributed by atoms with Crippen molar-refractivity contribution in [2.75, 3.05) is 5.73 Å². The maximum atomic E-state index is 5.74. The average molecular weight is 175 g/mol. The van der Waals surface area contributed by atoms with Crippen LogP contribution in [0.25, 0.3) is 5.69 Å². The lowest BCUT2D eigenvalue weighted by Gasteiger charge is -2.02. The summed E-state index contributed by atoms with van der Waals surface area (Å²) < 4.78 is 1.57. The number of hydrogen-bond donors (Lipinski definition) is 1. The highest BCUT2D eigenvalue weighted by molar-refractivity contribution is 5.52. The third-order valence-corrected chi connectivity index (χ3v) is 1.88. The number of aryl methyl sites for hydroxylation is 1. The second kappa shape index (κ2) is 2.85. The number of nitrogens with zero attached hydrogens (tertiary/aromatic N) is 4. The lowest BCUT2D eigenvalue weighted by molar-refractivity contribution is 0.789. The Bertz CT molecular complexity index is 406. The van der Waals surface area contributed by atoms with Gasteiger partial charge in [0.1, 0.15) is 6.33 Å². The van der Waals surface area contributed by atoms with Crippen LogP contribution in [-0.4, -0.2) is 20.2 Å². The van der Waals surface area contributed by atoms with E-state index in [0.29, 0.717) is 0 Å². The molecule has 5 heteroatoms. The number of rotatable bonds is 1. The zero-order chi connectivity index (χ0) is 9.26. The van der Waals surface area contributed by atoms with Crippen molar-refractivity contribution in [1.82, 2.24) is 20.2 Å². The highest BCUT2D eigenvalue weighted by atomic mass is 15.5. The summed E-state index contributed by atoms with van der Waals surface area (Å²) in [6.45, 7) is 1.96. The van der Waals surface area contributed by atoms with Crippen molar-refractivity contribution in [1.29, 1.82) is 0 Å². The van der Waals surface area contributed by atoms with Crippen LogP contribution in [0.1, 0.15) is 5.56 Å². The standard InChI is InChI=1S/C8H9N5/c1-6-2-3-7(4-8(6)9)13-5-10-11-12-13/h2-5H,9H2,1H3. The number of nitrogens with two attached hydrogens (primary N) is 1. The second-order valence-corrected chi connectivity index (χ2v) is 2.80. The molecule has 0 radical (unpaired) electrons. The van der Waals surface area contributed by atoms with E-state index in [1.807, 2.05) is 25.1 Å². The molecule has 5 nitrogen and oxygen atoms in total. The lowest BCUT2D eigenvalue weighted by Crippen LogP contribution is -1.97. The van der Waals surface area contributed by atoms with Crippen LogP contribution in [0, 0.1) is 6.92 Å². The summed E-state index contributed by atoms with van der Waals surface area (Å²) in [6, 6.07) is 5.69. The molecule has 1 aromatic heterocycles. The molecular weight excluding hydrogens is 166 g/mol. The molecule has 0 atom stereocenters. The van der Waals surface area contributed by atoms with Crippen LogP contribution in [0.4, 0.5) is 5.69 Å². The second-order valence-electron chi connectivity index (χ2n) is 2.80. The summed E-state index contributed by atoms with van der Waals surface area (Å²) in [6.07, 6.45) is 1.53. The van der Waals surface area contributed by atoms with Crippen molar-refractivity contribution in [3.05, 3.63) is 30.1 Å². The van der Waals surface area contributed by atoms with E-state index in [-0.39, 0.29) is 0 Å². The average Bonchev–Trinajstić information content (AvgIpc) is 2.62. The molecule has 0 spiro atoms. The van der Waals surface area contributed by atoms with Crippen molar-refractivity contribution in [2.24, 2.45) is 0 Å². The molecule has 1 aromatic carbocycles. The van der Waals surface area contributed by atoms with E-state index in [1.165, 1.54) is 6.33 Å². The minimum absolute atomic E-state index is 0.744. The van der Waals surface area contributed by atoms with E-state index in [0.717, 1.165) is 16.9 Å². The van der Waals surface area contributed by atoms with Gasteiger partial charge in [0.15, 0.2) is 0 Å². The van der Waals surface area contributed by atoms with Gasteiger partial charge in [-0.3, -0.25) is 0 Å². The first-order valence-electron chi connectivity index (χ1n) is 3.87. The largest absolute Gasteiger partial charge is 0.398 e. The van der Waals surface area contributed by atoms with Gasteiger partial charge in [0.25, 0.3) is 0 Å². The van der Waals surface area contributed by atoms with Crippen LogP contribution < -0.4 is 5.73 Å². The van der Waals surface area contributed by atoms with Crippen LogP contribution in [-0.2, 0) is 0 Å². The highest BCUT2D eigenvalue weighted by Gasteiger charge is 1.99. The third kappa shape index (κ3) is 1.35. The Morgan fingerprint density at radius 3 is 2.85 bits per heavy atom. The zero-order valence-electron chi connectivity index (χ0n) is 7.18. The summed E-state index contributed by atoms with van der Waals surface area (Å²) in [7, 11) is 0. The summed E-state index contributed by atoms with van der Waals surface area (Å²) in [5.74, 6) is 0. The Morgan fingerprint density at radius 1 is 1.38 bits per heavy atom. The van der Waals surface area contributed by atoms with Gasteiger partial charge in [0, 0.05) is 5.69 Å². The highest BCUT2D eigenvalue weighted by Crippen LogP contribution is 2.14. The van der Waals surface area contributed by atoms with E-state index in [1.54, 1.807) is 4.68 Å². The molecule has 66 valence electrons. The van der Waals surface area contributed by atoms with E-state index < -0.39 is 0 Å². The maximum absolute atomic E-state index is 5.74. The van der Waals surface area contributed by atoms with E-state index in [2.05, 4.69) is 15.5 Å². The first-order chi connectivity index (χ1) is 6.27. The molecule has 0 aliphatic heterocycles. The van der Waals surface area contributed by atoms with Crippen molar-refractivity contribution < 1.29 is 0 Å². The minimum Gasteiger partial charge on any atom is -0.398 e. The topological polar surface area (TPSA) is 69.6 Å². The van der Waals surface area contributed by atoms with Gasteiger partial charge in [-0.25, -0.2) is 4.68 Å². The van der Waals surface area contributed by atoms with Crippen LogP contribution in [0.2, 0.25) is 0 Å². The molecule has 0 saturated heterocycles. The first-order valence-corrected chi connectivity index (χ1v) is 3.87. The fourth-order valence-corrected chi connectivity index (χ4v) is 1.05. The number of benzene rings is 1. The van der Waals surface area contributed by atoms with Crippen molar-refractivity contribution >= 4 is 5.69 Å². The van der Waals surface area contributed by atoms with Gasteiger partial charge in [0.05, 0.1) is 5.69 Å². The zero-order valence-corrected chi connectivity index (χ0v) is 7.18. The van der Waals surface area contributed by atoms with Crippen LogP contribution in [0.15, 0.2) is 24.5 Å². The first kappa shape index (κ1) is 7.72. The fourth-order valence-electron chi connectivity index (χ4n) is 1.05. The third-order valence-electron chi connectivity index (χ3n) is 1.88. The molecule has 1 heterocycles. The van der Waals surface area contributed by atoms with Crippen molar-refractivity contribution in [3.8, 4) is 5.69 Å². The van der Waals surface area contributed by atoms with E-state index >= 15 is 0 Å². The summed E-state index contributed by atoms with van der Waals surface area (Å²) in [5.41, 5.74) is 8.41. The monoisotopic (exact) mass is 175 g/mol. The van der Waals surface area contributed by atoms with Gasteiger partial charge < -0.3 is 5.73 Å². The summed E-state index contributed by atoms with van der Waals surface area (Å²) in [5, 5.41) is 10.8. The van der Waals surface area contributed by atoms with Gasteiger partial charge in [-0.2, -0.15) is 0 Å². The molecule has 0 amide bonds. The Morgan fingerprint density at radius 2 is 2.23 bits per heavy atom. The number of hydrogen-bond acceptors (Lipinski definition) is 4. The van der Waals surface area contributed by atoms with E-state index in [9.17, 15) is 0 Å². The smallest absolute Gasteiger partial charge is 0.143 e. The van der Waals surface area contributed by atoms with Gasteiger partial charge in [-0.05, 0) is 35.0 Å². The van der Waals surface area contributed by atoms with Crippen LogP contribution in [0.5, 0.6) is 0 Å². The van der Waals surface area contributed by atoms with Crippen LogP contribution >= 0.6 is 0 Å². The minimum atomic E-state index is 0.744. The Balaban J connectivity index is 2.49. The lowest BCUT2D eigenvalue weighted by atomic mass is 10.2. The normalized spacial score (nSPS) is 10.2. The number of tetrazole rings is 1. The molecule has 0 aliphatic carbocycles. The summed E-state index contributed by atoms with van der Waals surface area (Å²) in [4.78, 5) is 0. The molecule has 2 N–H and O–H groups in total. The summed E-state index contributed by atoms with van der Waals surface area (Å²) >= 11 is 0. The number of anilines is 1. The molecule has 2 rings (SSSR count). The molecule has 2 aromatic rings. The molecule has 0 unspecified atom stereocenters. The molecule has 0 aliphatic rings. The predicted octanol–water partition coefficient (Wildman–Crippen LogP) is 0.553. The molecule has 0 saturated carbocycles. The number of aromatic nitrogens is 4. The van der Waals surface area contributed by atoms with E-state index in [4.69, 9.17) is 5.73 Å². The number of nitrogen functional groups attached to an aromatic ring is 1. The molecular formula is C8H9N5. The quantitative estimate of drug-likeness (QED) is 0.642. The predicted molar refractivity (Wildman–Crippen MR) is 48.3 cm³/mol. The Labute approximate surface area is 75.2 Å². The van der Waals surface area contributed by atoms with Crippen molar-refractivity contribution in [2.45, 2.75) is 6.92 Å². The van der Waals surface area contributed by atoms with Crippen LogP contribution in [0.3, 0.4) is 0 Å². The Kier molecular flexibility index (Phi) is 1.70. The molecule has 0 bridgehead atoms. The maximum Gasteiger partial charge on any atom is 0.143 e. The molecule has 13 heavy (non-hydrogen) atoms. The van der Waals surface area contributed by atoms with Crippen molar-refractivity contribution in [3.63, 3.8) is 0 Å². The van der Waals surface area contributed by atoms with Gasteiger partial charge >= 0.3 is 0 Å². The SMILES string of the molecule is Cc1ccc(-n2cnnn2)cc1N. The fraction of sp³-hybridized carbons (Fsp3) is 0.125.